The Hall–Kier alpha value is -1.36. The molecule has 0 bridgehead atoms. The molecule has 0 spiro atoms. The number of rotatable bonds is 5. The van der Waals surface area contributed by atoms with Crippen LogP contribution in [0.25, 0.3) is 0 Å². The number of hydrogen-bond acceptors (Lipinski definition) is 3. The van der Waals surface area contributed by atoms with Crippen molar-refractivity contribution in [1.82, 2.24) is 4.90 Å². The third kappa shape index (κ3) is 4.56. The lowest BCUT2D eigenvalue weighted by Crippen LogP contribution is -2.35. The van der Waals surface area contributed by atoms with Crippen LogP contribution in [-0.2, 0) is 0 Å². The smallest absolute Gasteiger partial charge is 0.387 e. The van der Waals surface area contributed by atoms with Gasteiger partial charge < -0.3 is 15.4 Å². The Bertz CT molecular complexity index is 458. The highest BCUT2D eigenvalue weighted by Gasteiger charge is 2.22. The van der Waals surface area contributed by atoms with Crippen LogP contribution in [0.15, 0.2) is 18.2 Å². The fourth-order valence-corrected chi connectivity index (χ4v) is 2.97. The second kappa shape index (κ2) is 7.07. The van der Waals surface area contributed by atoms with Gasteiger partial charge in [-0.3, -0.25) is 0 Å². The van der Waals surface area contributed by atoms with E-state index in [1.54, 1.807) is 12.1 Å². The number of piperidine rings is 1. The maximum absolute atomic E-state index is 12.4. The van der Waals surface area contributed by atoms with Gasteiger partial charge in [0.1, 0.15) is 5.75 Å². The molecule has 1 aromatic carbocycles. The van der Waals surface area contributed by atoms with Crippen LogP contribution < -0.4 is 10.5 Å². The van der Waals surface area contributed by atoms with Crippen molar-refractivity contribution in [3.8, 4) is 5.75 Å². The molecule has 2 rings (SSSR count). The molecule has 0 amide bonds. The van der Waals surface area contributed by atoms with Gasteiger partial charge in [-0.15, -0.1) is 0 Å². The number of nitrogens with zero attached hydrogens (tertiary/aromatic N) is 1. The number of anilines is 1. The van der Waals surface area contributed by atoms with Crippen LogP contribution in [0, 0.1) is 5.92 Å². The van der Waals surface area contributed by atoms with E-state index in [4.69, 9.17) is 5.73 Å². The highest BCUT2D eigenvalue weighted by atomic mass is 19.3. The fraction of sp³-hybridized carbons (Fsp3) is 0.625. The van der Waals surface area contributed by atoms with E-state index in [2.05, 4.69) is 23.5 Å². The number of hydrogen-bond donors (Lipinski definition) is 1. The maximum Gasteiger partial charge on any atom is 0.387 e. The number of nitrogens with two attached hydrogens (primary N) is 1. The lowest BCUT2D eigenvalue weighted by Gasteiger charge is -2.33. The summed E-state index contributed by atoms with van der Waals surface area (Å²) in [5, 5.41) is 0. The molecule has 1 heterocycles. The zero-order chi connectivity index (χ0) is 15.4. The Morgan fingerprint density at radius 3 is 2.52 bits per heavy atom. The molecule has 5 heteroatoms. The van der Waals surface area contributed by atoms with Crippen molar-refractivity contribution in [1.29, 1.82) is 0 Å². The predicted molar refractivity (Wildman–Crippen MR) is 80.7 cm³/mol. The number of likely N-dealkylation sites (tertiary alicyclic amines) is 1. The Kier molecular flexibility index (Phi) is 5.39. The van der Waals surface area contributed by atoms with Gasteiger partial charge in [-0.25, -0.2) is 0 Å². The van der Waals surface area contributed by atoms with Crippen molar-refractivity contribution in [3.05, 3.63) is 23.8 Å². The highest BCUT2D eigenvalue weighted by Crippen LogP contribution is 2.33. The topological polar surface area (TPSA) is 38.5 Å². The van der Waals surface area contributed by atoms with E-state index >= 15 is 0 Å². The Morgan fingerprint density at radius 2 is 1.95 bits per heavy atom. The van der Waals surface area contributed by atoms with Gasteiger partial charge in [-0.2, -0.15) is 8.78 Å². The van der Waals surface area contributed by atoms with Crippen LogP contribution in [0.3, 0.4) is 0 Å². The minimum Gasteiger partial charge on any atom is -0.433 e. The fourth-order valence-electron chi connectivity index (χ4n) is 2.97. The maximum atomic E-state index is 12.4. The van der Waals surface area contributed by atoms with Gasteiger partial charge in [0.2, 0.25) is 0 Å². The molecule has 1 fully saturated rings. The summed E-state index contributed by atoms with van der Waals surface area (Å²) in [5.41, 5.74) is 6.98. The zero-order valence-electron chi connectivity index (χ0n) is 12.7. The number of nitrogen functional groups attached to an aromatic ring is 1. The van der Waals surface area contributed by atoms with Crippen LogP contribution >= 0.6 is 0 Å². The van der Waals surface area contributed by atoms with Gasteiger partial charge >= 0.3 is 6.61 Å². The lowest BCUT2D eigenvalue weighted by molar-refractivity contribution is -0.0493. The Labute approximate surface area is 125 Å². The predicted octanol–water partition coefficient (Wildman–Crippen LogP) is 3.71. The van der Waals surface area contributed by atoms with Crippen LogP contribution in [0.1, 0.15) is 38.2 Å². The first kappa shape index (κ1) is 16.0. The van der Waals surface area contributed by atoms with Gasteiger partial charge in [0, 0.05) is 6.54 Å². The van der Waals surface area contributed by atoms with E-state index in [1.165, 1.54) is 0 Å². The summed E-state index contributed by atoms with van der Waals surface area (Å²) in [5.74, 6) is 1.16. The summed E-state index contributed by atoms with van der Waals surface area (Å²) in [7, 11) is 0. The molecular formula is C16H24F2N2O. The first-order chi connectivity index (χ1) is 9.95. The van der Waals surface area contributed by atoms with Crippen LogP contribution in [0.2, 0.25) is 0 Å². The molecule has 0 unspecified atom stereocenters. The second-order valence-electron chi connectivity index (χ2n) is 6.14. The monoisotopic (exact) mass is 298 g/mol. The molecule has 118 valence electrons. The molecule has 1 aliphatic heterocycles. The van der Waals surface area contributed by atoms with Crippen molar-refractivity contribution in [2.45, 2.75) is 39.2 Å². The average Bonchev–Trinajstić information content (AvgIpc) is 2.41. The third-order valence-corrected chi connectivity index (χ3v) is 3.94. The van der Waals surface area contributed by atoms with E-state index in [0.29, 0.717) is 11.8 Å². The van der Waals surface area contributed by atoms with Crippen molar-refractivity contribution in [2.24, 2.45) is 5.92 Å². The third-order valence-electron chi connectivity index (χ3n) is 3.94. The standard InChI is InChI=1S/C16H24F2N2O/c1-11(2)10-20-7-5-12(6-8-20)13-3-4-14(19)15(9-13)21-16(17)18/h3-4,9,11-12,16H,5-8,10,19H2,1-2H3. The van der Waals surface area contributed by atoms with Crippen molar-refractivity contribution >= 4 is 5.69 Å². The van der Waals surface area contributed by atoms with Gasteiger partial charge in [-0.1, -0.05) is 19.9 Å². The summed E-state index contributed by atoms with van der Waals surface area (Å²) in [6, 6.07) is 5.26. The van der Waals surface area contributed by atoms with Crippen LogP contribution in [-0.4, -0.2) is 31.1 Å². The quantitative estimate of drug-likeness (QED) is 0.842. The van der Waals surface area contributed by atoms with Crippen molar-refractivity contribution < 1.29 is 13.5 Å². The molecule has 0 radical (unpaired) electrons. The Balaban J connectivity index is 2.00. The van der Waals surface area contributed by atoms with E-state index in [9.17, 15) is 8.78 Å². The number of ether oxygens (including phenoxy) is 1. The molecule has 0 aromatic heterocycles. The van der Waals surface area contributed by atoms with E-state index in [0.717, 1.165) is 38.0 Å². The van der Waals surface area contributed by atoms with Crippen LogP contribution in [0.5, 0.6) is 5.75 Å². The molecule has 0 aliphatic carbocycles. The molecule has 1 aromatic rings. The second-order valence-corrected chi connectivity index (χ2v) is 6.14. The van der Waals surface area contributed by atoms with Crippen LogP contribution in [0.4, 0.5) is 14.5 Å². The normalized spacial score (nSPS) is 17.6. The molecule has 21 heavy (non-hydrogen) atoms. The molecule has 2 N–H and O–H groups in total. The zero-order valence-corrected chi connectivity index (χ0v) is 12.7. The first-order valence-electron chi connectivity index (χ1n) is 7.52. The summed E-state index contributed by atoms with van der Waals surface area (Å²) in [4.78, 5) is 2.47. The van der Waals surface area contributed by atoms with Crippen molar-refractivity contribution in [2.75, 3.05) is 25.4 Å². The minimum absolute atomic E-state index is 0.0899. The number of benzene rings is 1. The first-order valence-corrected chi connectivity index (χ1v) is 7.52. The summed E-state index contributed by atoms with van der Waals surface area (Å²) < 4.78 is 29.2. The molecule has 1 aliphatic rings. The van der Waals surface area contributed by atoms with Gasteiger partial charge in [0.05, 0.1) is 5.69 Å². The van der Waals surface area contributed by atoms with Gasteiger partial charge in [0.25, 0.3) is 0 Å². The van der Waals surface area contributed by atoms with E-state index < -0.39 is 6.61 Å². The highest BCUT2D eigenvalue weighted by molar-refractivity contribution is 5.54. The molecular weight excluding hydrogens is 274 g/mol. The summed E-state index contributed by atoms with van der Waals surface area (Å²) in [6.45, 7) is 4.83. The molecule has 1 saturated heterocycles. The molecule has 0 saturated carbocycles. The number of halogens is 2. The average molecular weight is 298 g/mol. The van der Waals surface area contributed by atoms with Gasteiger partial charge in [-0.05, 0) is 55.5 Å². The summed E-state index contributed by atoms with van der Waals surface area (Å²) in [6.07, 6.45) is 2.09. The van der Waals surface area contributed by atoms with E-state index in [1.807, 2.05) is 6.07 Å². The van der Waals surface area contributed by atoms with Crippen molar-refractivity contribution in [3.63, 3.8) is 0 Å². The largest absolute Gasteiger partial charge is 0.433 e. The molecule has 3 nitrogen and oxygen atoms in total. The minimum atomic E-state index is -2.84. The van der Waals surface area contributed by atoms with Gasteiger partial charge in [0.15, 0.2) is 0 Å². The number of alkyl halides is 2. The lowest BCUT2D eigenvalue weighted by atomic mass is 9.89. The Morgan fingerprint density at radius 1 is 1.29 bits per heavy atom. The summed E-state index contributed by atoms with van der Waals surface area (Å²) >= 11 is 0. The van der Waals surface area contributed by atoms with E-state index in [-0.39, 0.29) is 11.4 Å². The SMILES string of the molecule is CC(C)CN1CCC(c2ccc(N)c(OC(F)F)c2)CC1. The molecule has 0 atom stereocenters.